The Morgan fingerprint density at radius 1 is 1.07 bits per heavy atom. The van der Waals surface area contributed by atoms with Gasteiger partial charge in [0.2, 0.25) is 5.91 Å². The maximum absolute atomic E-state index is 12.7. The molecule has 8 heteroatoms. The van der Waals surface area contributed by atoms with Crippen molar-refractivity contribution in [2.45, 2.75) is 32.1 Å². The summed E-state index contributed by atoms with van der Waals surface area (Å²) in [6, 6.07) is 0. The molecule has 0 N–H and O–H groups in total. The van der Waals surface area contributed by atoms with E-state index in [9.17, 15) is 9.59 Å². The van der Waals surface area contributed by atoms with Crippen LogP contribution in [0.2, 0.25) is 0 Å². The van der Waals surface area contributed by atoms with E-state index in [4.69, 9.17) is 9.15 Å². The molecule has 0 unspecified atom stereocenters. The summed E-state index contributed by atoms with van der Waals surface area (Å²) in [4.78, 5) is 33.6. The SMILES string of the molecule is Cc1oc(C2CCN(C(=O)[C@H]3CCOC3)CC2)nc1C(=O)N1CCSCC1. The third kappa shape index (κ3) is 4.01. The molecule has 4 rings (SSSR count). The molecule has 148 valence electrons. The molecule has 2 amide bonds. The lowest BCUT2D eigenvalue weighted by atomic mass is 9.95. The van der Waals surface area contributed by atoms with Crippen LogP contribution in [-0.4, -0.2) is 77.5 Å². The zero-order valence-corrected chi connectivity index (χ0v) is 16.6. The Kier molecular flexibility index (Phi) is 5.73. The predicted molar refractivity (Wildman–Crippen MR) is 102 cm³/mol. The average molecular weight is 394 g/mol. The first-order chi connectivity index (χ1) is 13.1. The number of aromatic nitrogens is 1. The lowest BCUT2D eigenvalue weighted by molar-refractivity contribution is -0.136. The smallest absolute Gasteiger partial charge is 0.276 e. The maximum atomic E-state index is 12.7. The summed E-state index contributed by atoms with van der Waals surface area (Å²) in [7, 11) is 0. The number of ether oxygens (including phenoxy) is 1. The minimum Gasteiger partial charge on any atom is -0.445 e. The normalized spacial score (nSPS) is 24.4. The summed E-state index contributed by atoms with van der Waals surface area (Å²) >= 11 is 1.88. The van der Waals surface area contributed by atoms with Crippen LogP contribution >= 0.6 is 11.8 Å². The fourth-order valence-electron chi connectivity index (χ4n) is 4.04. The van der Waals surface area contributed by atoms with E-state index < -0.39 is 0 Å². The molecule has 0 radical (unpaired) electrons. The molecule has 0 aliphatic carbocycles. The van der Waals surface area contributed by atoms with Gasteiger partial charge in [-0.15, -0.1) is 0 Å². The number of aryl methyl sites for hydroxylation is 1. The number of piperidine rings is 1. The number of rotatable bonds is 3. The molecule has 1 aromatic heterocycles. The van der Waals surface area contributed by atoms with Gasteiger partial charge in [-0.3, -0.25) is 9.59 Å². The number of hydrogen-bond acceptors (Lipinski definition) is 6. The Balaban J connectivity index is 1.37. The first kappa shape index (κ1) is 18.8. The van der Waals surface area contributed by atoms with Crippen molar-refractivity contribution in [3.05, 3.63) is 17.3 Å². The van der Waals surface area contributed by atoms with Crippen LogP contribution < -0.4 is 0 Å². The molecule has 0 saturated carbocycles. The van der Waals surface area contributed by atoms with E-state index in [-0.39, 0.29) is 23.7 Å². The highest BCUT2D eigenvalue weighted by molar-refractivity contribution is 7.99. The third-order valence-electron chi connectivity index (χ3n) is 5.75. The number of oxazole rings is 1. The van der Waals surface area contributed by atoms with Crippen molar-refractivity contribution in [3.63, 3.8) is 0 Å². The molecule has 3 fully saturated rings. The van der Waals surface area contributed by atoms with Gasteiger partial charge in [0.15, 0.2) is 11.6 Å². The van der Waals surface area contributed by atoms with Crippen molar-refractivity contribution in [2.24, 2.45) is 5.92 Å². The van der Waals surface area contributed by atoms with E-state index in [1.807, 2.05) is 28.5 Å². The van der Waals surface area contributed by atoms with Gasteiger partial charge in [-0.2, -0.15) is 11.8 Å². The molecule has 0 bridgehead atoms. The maximum Gasteiger partial charge on any atom is 0.276 e. The average Bonchev–Trinajstić information content (AvgIpc) is 3.38. The molecule has 3 saturated heterocycles. The van der Waals surface area contributed by atoms with E-state index in [0.717, 1.165) is 43.9 Å². The minimum atomic E-state index is -0.0170. The third-order valence-corrected chi connectivity index (χ3v) is 6.69. The standard InChI is InChI=1S/C19H27N3O4S/c1-13-16(19(24)22-7-10-27-11-8-22)20-17(26-13)14-2-5-21(6-3-14)18(23)15-4-9-25-12-15/h14-15H,2-12H2,1H3/t15-/m0/s1. The first-order valence-electron chi connectivity index (χ1n) is 9.84. The summed E-state index contributed by atoms with van der Waals surface area (Å²) < 4.78 is 11.2. The van der Waals surface area contributed by atoms with Crippen LogP contribution in [0.5, 0.6) is 0 Å². The van der Waals surface area contributed by atoms with E-state index >= 15 is 0 Å². The largest absolute Gasteiger partial charge is 0.445 e. The number of thioether (sulfide) groups is 1. The number of hydrogen-bond donors (Lipinski definition) is 0. The molecular formula is C19H27N3O4S. The molecule has 3 aliphatic rings. The van der Waals surface area contributed by atoms with Crippen LogP contribution in [0.3, 0.4) is 0 Å². The molecular weight excluding hydrogens is 366 g/mol. The van der Waals surface area contributed by atoms with Crippen molar-refractivity contribution in [2.75, 3.05) is 50.9 Å². The van der Waals surface area contributed by atoms with Crippen LogP contribution in [0.1, 0.15) is 47.3 Å². The zero-order chi connectivity index (χ0) is 18.8. The fraction of sp³-hybridized carbons (Fsp3) is 0.737. The van der Waals surface area contributed by atoms with Gasteiger partial charge in [0, 0.05) is 50.2 Å². The van der Waals surface area contributed by atoms with E-state index in [1.165, 1.54) is 0 Å². The van der Waals surface area contributed by atoms with Gasteiger partial charge in [0.05, 0.1) is 12.5 Å². The number of carbonyl (C=O) groups excluding carboxylic acids is 2. The number of nitrogens with zero attached hydrogens (tertiary/aromatic N) is 3. The molecule has 1 aromatic rings. The Hall–Kier alpha value is -1.54. The second-order valence-corrected chi connectivity index (χ2v) is 8.75. The summed E-state index contributed by atoms with van der Waals surface area (Å²) in [6.45, 7) is 6.05. The number of carbonyl (C=O) groups is 2. The van der Waals surface area contributed by atoms with E-state index in [2.05, 4.69) is 4.98 Å². The van der Waals surface area contributed by atoms with Gasteiger partial charge in [-0.25, -0.2) is 4.98 Å². The Morgan fingerprint density at radius 2 is 1.81 bits per heavy atom. The van der Waals surface area contributed by atoms with Gasteiger partial charge >= 0.3 is 0 Å². The molecule has 4 heterocycles. The minimum absolute atomic E-state index is 0.0170. The monoisotopic (exact) mass is 393 g/mol. The van der Waals surface area contributed by atoms with Gasteiger partial charge in [0.25, 0.3) is 5.91 Å². The predicted octanol–water partition coefficient (Wildman–Crippen LogP) is 1.91. The van der Waals surface area contributed by atoms with Crippen LogP contribution in [0.4, 0.5) is 0 Å². The lowest BCUT2D eigenvalue weighted by Gasteiger charge is -2.32. The molecule has 7 nitrogen and oxygen atoms in total. The van der Waals surface area contributed by atoms with Gasteiger partial charge in [-0.05, 0) is 26.2 Å². The lowest BCUT2D eigenvalue weighted by Crippen LogP contribution is -2.41. The Morgan fingerprint density at radius 3 is 2.48 bits per heavy atom. The molecule has 1 atom stereocenters. The quantitative estimate of drug-likeness (QED) is 0.781. The highest BCUT2D eigenvalue weighted by atomic mass is 32.2. The van der Waals surface area contributed by atoms with Crippen molar-refractivity contribution in [3.8, 4) is 0 Å². The number of likely N-dealkylation sites (tertiary alicyclic amines) is 1. The number of amides is 2. The van der Waals surface area contributed by atoms with E-state index in [1.54, 1.807) is 0 Å². The highest BCUT2D eigenvalue weighted by Gasteiger charge is 2.33. The van der Waals surface area contributed by atoms with Crippen LogP contribution in [0.15, 0.2) is 4.42 Å². The summed E-state index contributed by atoms with van der Waals surface area (Å²) in [5.74, 6) is 3.61. The molecule has 27 heavy (non-hydrogen) atoms. The van der Waals surface area contributed by atoms with Gasteiger partial charge < -0.3 is 19.0 Å². The highest BCUT2D eigenvalue weighted by Crippen LogP contribution is 2.30. The van der Waals surface area contributed by atoms with Crippen molar-refractivity contribution in [1.82, 2.24) is 14.8 Å². The molecule has 0 spiro atoms. The van der Waals surface area contributed by atoms with Crippen LogP contribution in [0.25, 0.3) is 0 Å². The first-order valence-corrected chi connectivity index (χ1v) is 11.0. The second kappa shape index (κ2) is 8.22. The van der Waals surface area contributed by atoms with Gasteiger partial charge in [0.1, 0.15) is 5.76 Å². The Labute approximate surface area is 163 Å². The topological polar surface area (TPSA) is 75.9 Å². The zero-order valence-electron chi connectivity index (χ0n) is 15.8. The van der Waals surface area contributed by atoms with Crippen LogP contribution in [-0.2, 0) is 9.53 Å². The van der Waals surface area contributed by atoms with Crippen molar-refractivity contribution in [1.29, 1.82) is 0 Å². The van der Waals surface area contributed by atoms with Crippen molar-refractivity contribution < 1.29 is 18.7 Å². The fourth-order valence-corrected chi connectivity index (χ4v) is 4.94. The van der Waals surface area contributed by atoms with Gasteiger partial charge in [-0.1, -0.05) is 0 Å². The molecule has 3 aliphatic heterocycles. The Bertz CT molecular complexity index is 687. The van der Waals surface area contributed by atoms with Crippen LogP contribution in [0, 0.1) is 12.8 Å². The summed E-state index contributed by atoms with van der Waals surface area (Å²) in [5, 5.41) is 0. The second-order valence-electron chi connectivity index (χ2n) is 7.52. The van der Waals surface area contributed by atoms with Crippen molar-refractivity contribution >= 4 is 23.6 Å². The van der Waals surface area contributed by atoms with E-state index in [0.29, 0.717) is 43.6 Å². The summed E-state index contributed by atoms with van der Waals surface area (Å²) in [5.41, 5.74) is 0.457. The molecule has 0 aromatic carbocycles. The summed E-state index contributed by atoms with van der Waals surface area (Å²) in [6.07, 6.45) is 2.48.